The van der Waals surface area contributed by atoms with E-state index in [0.29, 0.717) is 13.0 Å². The summed E-state index contributed by atoms with van der Waals surface area (Å²) in [6.45, 7) is 9.36. The van der Waals surface area contributed by atoms with Gasteiger partial charge in [0.15, 0.2) is 11.5 Å². The van der Waals surface area contributed by atoms with Crippen LogP contribution in [0.2, 0.25) is 0 Å². The van der Waals surface area contributed by atoms with Crippen LogP contribution in [0.5, 0.6) is 11.5 Å². The highest BCUT2D eigenvalue weighted by Gasteiger charge is 2.26. The molecule has 0 saturated carbocycles. The number of hydrogen-bond donors (Lipinski definition) is 0. The summed E-state index contributed by atoms with van der Waals surface area (Å²) in [6.07, 6.45) is 6.46. The summed E-state index contributed by atoms with van der Waals surface area (Å²) in [5, 5.41) is 0. The summed E-state index contributed by atoms with van der Waals surface area (Å²) in [5.41, 5.74) is 0.880. The lowest BCUT2D eigenvalue weighted by Crippen LogP contribution is -2.45. The van der Waals surface area contributed by atoms with Crippen molar-refractivity contribution in [2.45, 2.75) is 78.3 Å². The van der Waals surface area contributed by atoms with E-state index in [9.17, 15) is 4.79 Å². The van der Waals surface area contributed by atoms with E-state index >= 15 is 0 Å². The van der Waals surface area contributed by atoms with Crippen LogP contribution in [-0.2, 0) is 11.3 Å². The predicted octanol–water partition coefficient (Wildman–Crippen LogP) is 4.90. The second kappa shape index (κ2) is 8.41. The fourth-order valence-electron chi connectivity index (χ4n) is 2.94. The van der Waals surface area contributed by atoms with Gasteiger partial charge in [0, 0.05) is 18.5 Å². The molecule has 0 atom stereocenters. The van der Waals surface area contributed by atoms with Crippen molar-refractivity contribution in [2.75, 3.05) is 6.79 Å². The Labute approximate surface area is 146 Å². The van der Waals surface area contributed by atoms with Crippen LogP contribution in [0.3, 0.4) is 0 Å². The summed E-state index contributed by atoms with van der Waals surface area (Å²) < 4.78 is 10.8. The maximum Gasteiger partial charge on any atom is 0.231 e. The molecule has 134 valence electrons. The van der Waals surface area contributed by atoms with Gasteiger partial charge in [0.05, 0.1) is 0 Å². The molecule has 1 aliphatic heterocycles. The number of carbonyl (C=O) groups excluding carboxylic acids is 1. The Morgan fingerprint density at radius 3 is 2.50 bits per heavy atom. The van der Waals surface area contributed by atoms with Gasteiger partial charge >= 0.3 is 0 Å². The van der Waals surface area contributed by atoms with Gasteiger partial charge in [-0.25, -0.2) is 0 Å². The highest BCUT2D eigenvalue weighted by Crippen LogP contribution is 2.33. The fraction of sp³-hybridized carbons (Fsp3) is 0.650. The van der Waals surface area contributed by atoms with Crippen molar-refractivity contribution in [1.29, 1.82) is 0 Å². The molecule has 0 aromatic heterocycles. The Hall–Kier alpha value is -1.71. The molecule has 4 heteroatoms. The average Bonchev–Trinajstić information content (AvgIpc) is 2.98. The number of ether oxygens (including phenoxy) is 2. The molecule has 0 unspecified atom stereocenters. The lowest BCUT2D eigenvalue weighted by Gasteiger charge is -2.36. The molecule has 0 aliphatic carbocycles. The van der Waals surface area contributed by atoms with E-state index < -0.39 is 0 Å². The van der Waals surface area contributed by atoms with Crippen molar-refractivity contribution in [3.8, 4) is 11.5 Å². The van der Waals surface area contributed by atoms with Gasteiger partial charge in [-0.1, -0.05) is 38.7 Å². The molecule has 1 aromatic rings. The minimum absolute atomic E-state index is 0.198. The first-order valence-electron chi connectivity index (χ1n) is 9.11. The second-order valence-corrected chi connectivity index (χ2v) is 7.50. The van der Waals surface area contributed by atoms with Crippen LogP contribution in [0.1, 0.15) is 71.8 Å². The van der Waals surface area contributed by atoms with Crippen LogP contribution in [0.15, 0.2) is 18.2 Å². The van der Waals surface area contributed by atoms with Gasteiger partial charge in [0.1, 0.15) is 0 Å². The first-order valence-corrected chi connectivity index (χ1v) is 9.11. The predicted molar refractivity (Wildman–Crippen MR) is 96.2 cm³/mol. The van der Waals surface area contributed by atoms with E-state index in [4.69, 9.17) is 9.47 Å². The van der Waals surface area contributed by atoms with Gasteiger partial charge in [-0.2, -0.15) is 0 Å². The summed E-state index contributed by atoms with van der Waals surface area (Å²) in [6, 6.07) is 5.92. The van der Waals surface area contributed by atoms with Gasteiger partial charge < -0.3 is 14.4 Å². The third-order valence-electron chi connectivity index (χ3n) is 4.38. The van der Waals surface area contributed by atoms with Gasteiger partial charge in [-0.15, -0.1) is 0 Å². The summed E-state index contributed by atoms with van der Waals surface area (Å²) in [5.74, 6) is 1.79. The molecule has 4 nitrogen and oxygen atoms in total. The molecule has 1 aliphatic rings. The molecule has 0 fully saturated rings. The summed E-state index contributed by atoms with van der Waals surface area (Å²) in [7, 11) is 0. The van der Waals surface area contributed by atoms with Crippen molar-refractivity contribution in [3.63, 3.8) is 0 Å². The van der Waals surface area contributed by atoms with E-state index in [0.717, 1.165) is 29.9 Å². The molecule has 1 aromatic carbocycles. The molecule has 1 heterocycles. The topological polar surface area (TPSA) is 38.8 Å². The van der Waals surface area contributed by atoms with Crippen molar-refractivity contribution in [1.82, 2.24) is 4.90 Å². The highest BCUT2D eigenvalue weighted by atomic mass is 16.7. The van der Waals surface area contributed by atoms with Crippen molar-refractivity contribution in [2.24, 2.45) is 0 Å². The van der Waals surface area contributed by atoms with E-state index in [1.54, 1.807) is 0 Å². The number of fused-ring (bicyclic) bond motifs is 1. The lowest BCUT2D eigenvalue weighted by atomic mass is 10.0. The van der Waals surface area contributed by atoms with Crippen LogP contribution in [0.4, 0.5) is 0 Å². The van der Waals surface area contributed by atoms with Crippen LogP contribution in [0.25, 0.3) is 0 Å². The minimum atomic E-state index is -0.198. The Morgan fingerprint density at radius 1 is 1.08 bits per heavy atom. The zero-order chi connectivity index (χ0) is 17.6. The van der Waals surface area contributed by atoms with Crippen LogP contribution in [-0.4, -0.2) is 23.1 Å². The molecule has 0 bridgehead atoms. The number of rotatable bonds is 8. The number of unbranched alkanes of at least 4 members (excludes halogenated alkanes) is 4. The third kappa shape index (κ3) is 5.15. The van der Waals surface area contributed by atoms with Gasteiger partial charge in [0.2, 0.25) is 12.7 Å². The number of carbonyl (C=O) groups is 1. The van der Waals surface area contributed by atoms with Crippen LogP contribution >= 0.6 is 0 Å². The van der Waals surface area contributed by atoms with Gasteiger partial charge in [-0.05, 0) is 44.9 Å². The Balaban J connectivity index is 1.96. The average molecular weight is 333 g/mol. The highest BCUT2D eigenvalue weighted by molar-refractivity contribution is 5.77. The number of nitrogens with zero attached hydrogens (tertiary/aromatic N) is 1. The lowest BCUT2D eigenvalue weighted by molar-refractivity contribution is -0.136. The summed E-state index contributed by atoms with van der Waals surface area (Å²) in [4.78, 5) is 14.7. The normalized spacial score (nSPS) is 13.2. The Morgan fingerprint density at radius 2 is 1.79 bits per heavy atom. The first-order chi connectivity index (χ1) is 11.4. The standard InChI is InChI=1S/C20H31NO3/c1-5-6-7-8-9-10-19(22)21(20(2,3)4)14-16-11-12-17-18(13-16)24-15-23-17/h11-13H,5-10,14-15H2,1-4H3. The van der Waals surface area contributed by atoms with Crippen molar-refractivity contribution >= 4 is 5.91 Å². The smallest absolute Gasteiger partial charge is 0.231 e. The largest absolute Gasteiger partial charge is 0.454 e. The van der Waals surface area contributed by atoms with E-state index in [1.165, 1.54) is 19.3 Å². The summed E-state index contributed by atoms with van der Waals surface area (Å²) >= 11 is 0. The van der Waals surface area contributed by atoms with E-state index in [2.05, 4.69) is 27.7 Å². The monoisotopic (exact) mass is 333 g/mol. The van der Waals surface area contributed by atoms with Crippen molar-refractivity contribution in [3.05, 3.63) is 23.8 Å². The van der Waals surface area contributed by atoms with Gasteiger partial charge in [-0.3, -0.25) is 4.79 Å². The first kappa shape index (κ1) is 18.6. The second-order valence-electron chi connectivity index (χ2n) is 7.50. The zero-order valence-electron chi connectivity index (χ0n) is 15.6. The number of hydrogen-bond acceptors (Lipinski definition) is 3. The van der Waals surface area contributed by atoms with Crippen LogP contribution < -0.4 is 9.47 Å². The van der Waals surface area contributed by atoms with Crippen LogP contribution in [0, 0.1) is 0 Å². The molecule has 0 radical (unpaired) electrons. The molecule has 0 N–H and O–H groups in total. The maximum atomic E-state index is 12.7. The molecule has 0 spiro atoms. The van der Waals surface area contributed by atoms with E-state index in [-0.39, 0.29) is 18.2 Å². The molecule has 24 heavy (non-hydrogen) atoms. The molecule has 2 rings (SSSR count). The Kier molecular flexibility index (Phi) is 6.52. The quantitative estimate of drug-likeness (QED) is 0.635. The SMILES string of the molecule is CCCCCCCC(=O)N(Cc1ccc2c(c1)OCO2)C(C)(C)C. The molecular formula is C20H31NO3. The number of benzene rings is 1. The maximum absolute atomic E-state index is 12.7. The minimum Gasteiger partial charge on any atom is -0.454 e. The fourth-order valence-corrected chi connectivity index (χ4v) is 2.94. The third-order valence-corrected chi connectivity index (χ3v) is 4.38. The van der Waals surface area contributed by atoms with E-state index in [1.807, 2.05) is 23.1 Å². The van der Waals surface area contributed by atoms with Crippen molar-refractivity contribution < 1.29 is 14.3 Å². The molecule has 1 amide bonds. The Bertz CT molecular complexity index is 548. The molecule has 0 saturated heterocycles. The molecular weight excluding hydrogens is 302 g/mol. The number of amides is 1. The van der Waals surface area contributed by atoms with Gasteiger partial charge in [0.25, 0.3) is 0 Å². The zero-order valence-corrected chi connectivity index (χ0v) is 15.6.